The second-order valence-corrected chi connectivity index (χ2v) is 9.31. The van der Waals surface area contributed by atoms with Gasteiger partial charge in [0.25, 0.3) is 5.91 Å². The third-order valence-electron chi connectivity index (χ3n) is 5.37. The van der Waals surface area contributed by atoms with E-state index in [0.717, 1.165) is 10.4 Å². The van der Waals surface area contributed by atoms with Crippen molar-refractivity contribution in [2.24, 2.45) is 5.73 Å². The number of carbonyl (C=O) groups is 2. The van der Waals surface area contributed by atoms with Crippen LogP contribution in [0.4, 0.5) is 5.69 Å². The summed E-state index contributed by atoms with van der Waals surface area (Å²) in [7, 11) is 1.62. The van der Waals surface area contributed by atoms with Gasteiger partial charge in [0.15, 0.2) is 5.78 Å². The second-order valence-electron chi connectivity index (χ2n) is 7.99. The number of ketones is 1. The Kier molecular flexibility index (Phi) is 9.87. The van der Waals surface area contributed by atoms with Crippen molar-refractivity contribution in [2.75, 3.05) is 19.0 Å². The number of Topliss-reactive ketones (excluding diaryl/α,β-unsaturated/α-hetero) is 1. The molecular formula is C28H29ClN2O4S. The zero-order chi connectivity index (χ0) is 26.1. The van der Waals surface area contributed by atoms with Gasteiger partial charge in [0.05, 0.1) is 0 Å². The fourth-order valence-electron chi connectivity index (χ4n) is 3.61. The van der Waals surface area contributed by atoms with Crippen LogP contribution in [0.25, 0.3) is 11.3 Å². The minimum absolute atomic E-state index is 0.0331. The van der Waals surface area contributed by atoms with Crippen molar-refractivity contribution < 1.29 is 19.1 Å². The van der Waals surface area contributed by atoms with Gasteiger partial charge in [-0.15, -0.1) is 11.3 Å². The van der Waals surface area contributed by atoms with E-state index in [1.54, 1.807) is 61.7 Å². The van der Waals surface area contributed by atoms with Crippen LogP contribution < -0.4 is 15.8 Å². The molecule has 0 aliphatic carbocycles. The van der Waals surface area contributed by atoms with Crippen molar-refractivity contribution in [1.82, 2.24) is 0 Å². The molecule has 0 aliphatic heterocycles. The maximum atomic E-state index is 12.8. The largest absolute Gasteiger partial charge is 0.489 e. The Labute approximate surface area is 220 Å². The number of anilines is 1. The SMILES string of the molecule is C=C(N)c1c(COc2cccc(C(=O)Nc3ccc(Cl)cc3)c2)csc1/C(=C\C)C(=O)CCCOC. The van der Waals surface area contributed by atoms with Crippen molar-refractivity contribution in [3.63, 3.8) is 0 Å². The van der Waals surface area contributed by atoms with Gasteiger partial charge in [0.1, 0.15) is 12.4 Å². The van der Waals surface area contributed by atoms with Gasteiger partial charge in [0, 0.05) is 63.7 Å². The predicted molar refractivity (Wildman–Crippen MR) is 147 cm³/mol. The van der Waals surface area contributed by atoms with Crippen molar-refractivity contribution in [2.45, 2.75) is 26.4 Å². The lowest BCUT2D eigenvalue weighted by Crippen LogP contribution is -2.12. The first-order chi connectivity index (χ1) is 17.3. The Bertz CT molecular complexity index is 1260. The molecule has 0 fully saturated rings. The van der Waals surface area contributed by atoms with Crippen LogP contribution in [-0.4, -0.2) is 25.4 Å². The quantitative estimate of drug-likeness (QED) is 0.207. The van der Waals surface area contributed by atoms with E-state index in [9.17, 15) is 9.59 Å². The lowest BCUT2D eigenvalue weighted by atomic mass is 9.99. The summed E-state index contributed by atoms with van der Waals surface area (Å²) in [4.78, 5) is 26.2. The normalized spacial score (nSPS) is 11.2. The summed E-state index contributed by atoms with van der Waals surface area (Å²) in [6.07, 6.45) is 2.84. The van der Waals surface area contributed by atoms with Gasteiger partial charge >= 0.3 is 0 Å². The molecule has 8 heteroatoms. The first-order valence-corrected chi connectivity index (χ1v) is 12.6. The number of thiophene rings is 1. The molecule has 3 N–H and O–H groups in total. The molecule has 1 heterocycles. The van der Waals surface area contributed by atoms with Crippen LogP contribution in [0.5, 0.6) is 5.75 Å². The molecule has 2 aromatic carbocycles. The summed E-state index contributed by atoms with van der Waals surface area (Å²) in [5.41, 5.74) is 9.74. The fourth-order valence-corrected chi connectivity index (χ4v) is 4.92. The van der Waals surface area contributed by atoms with Crippen LogP contribution in [0.1, 0.15) is 46.1 Å². The van der Waals surface area contributed by atoms with Crippen LogP contribution >= 0.6 is 22.9 Å². The van der Waals surface area contributed by atoms with Crippen LogP contribution in [0.2, 0.25) is 5.02 Å². The maximum Gasteiger partial charge on any atom is 0.255 e. The van der Waals surface area contributed by atoms with Crippen LogP contribution in [0, 0.1) is 0 Å². The van der Waals surface area contributed by atoms with Gasteiger partial charge in [-0.2, -0.15) is 0 Å². The predicted octanol–water partition coefficient (Wildman–Crippen LogP) is 6.56. The topological polar surface area (TPSA) is 90.6 Å². The lowest BCUT2D eigenvalue weighted by Gasteiger charge is -2.12. The monoisotopic (exact) mass is 524 g/mol. The molecule has 1 aromatic heterocycles. The highest BCUT2D eigenvalue weighted by Gasteiger charge is 2.21. The highest BCUT2D eigenvalue weighted by molar-refractivity contribution is 7.12. The molecule has 0 unspecified atom stereocenters. The molecule has 0 atom stereocenters. The van der Waals surface area contributed by atoms with Gasteiger partial charge in [-0.3, -0.25) is 9.59 Å². The number of amides is 1. The summed E-state index contributed by atoms with van der Waals surface area (Å²) >= 11 is 7.34. The third kappa shape index (κ3) is 7.07. The van der Waals surface area contributed by atoms with Crippen LogP contribution in [0.3, 0.4) is 0 Å². The molecule has 36 heavy (non-hydrogen) atoms. The van der Waals surface area contributed by atoms with E-state index in [0.29, 0.717) is 58.3 Å². The van der Waals surface area contributed by atoms with Gasteiger partial charge in [0.2, 0.25) is 0 Å². The molecular weight excluding hydrogens is 496 g/mol. The van der Waals surface area contributed by atoms with Crippen LogP contribution in [0.15, 0.2) is 66.6 Å². The highest BCUT2D eigenvalue weighted by Crippen LogP contribution is 2.34. The number of rotatable bonds is 12. The van der Waals surface area contributed by atoms with E-state index in [1.165, 1.54) is 11.3 Å². The number of methoxy groups -OCH3 is 1. The molecule has 3 rings (SSSR count). The summed E-state index contributed by atoms with van der Waals surface area (Å²) in [5, 5.41) is 5.35. The number of nitrogens with two attached hydrogens (primary N) is 1. The molecule has 1 amide bonds. The number of carbonyl (C=O) groups excluding carboxylic acids is 2. The molecule has 0 bridgehead atoms. The number of ether oxygens (including phenoxy) is 2. The zero-order valence-corrected chi connectivity index (χ0v) is 21.9. The Hall–Kier alpha value is -3.39. The van der Waals surface area contributed by atoms with E-state index in [4.69, 9.17) is 26.8 Å². The minimum atomic E-state index is -0.263. The summed E-state index contributed by atoms with van der Waals surface area (Å²) in [6, 6.07) is 13.8. The minimum Gasteiger partial charge on any atom is -0.489 e. The Morgan fingerprint density at radius 1 is 1.19 bits per heavy atom. The van der Waals surface area contributed by atoms with Crippen molar-refractivity contribution in [3.8, 4) is 5.75 Å². The van der Waals surface area contributed by atoms with E-state index in [2.05, 4.69) is 11.9 Å². The van der Waals surface area contributed by atoms with Crippen molar-refractivity contribution in [3.05, 3.63) is 93.2 Å². The van der Waals surface area contributed by atoms with E-state index in [1.807, 2.05) is 12.3 Å². The smallest absolute Gasteiger partial charge is 0.255 e. The molecule has 188 valence electrons. The molecule has 0 aliphatic rings. The summed E-state index contributed by atoms with van der Waals surface area (Å²) in [5.74, 6) is 0.300. The molecule has 6 nitrogen and oxygen atoms in total. The van der Waals surface area contributed by atoms with Gasteiger partial charge in [-0.1, -0.05) is 30.3 Å². The second kappa shape index (κ2) is 13.1. The lowest BCUT2D eigenvalue weighted by molar-refractivity contribution is -0.114. The van der Waals surface area contributed by atoms with Gasteiger partial charge < -0.3 is 20.5 Å². The number of hydrogen-bond acceptors (Lipinski definition) is 6. The molecule has 0 saturated carbocycles. The number of halogens is 1. The average Bonchev–Trinajstić information content (AvgIpc) is 3.29. The van der Waals surface area contributed by atoms with E-state index in [-0.39, 0.29) is 18.3 Å². The fraction of sp³-hybridized carbons (Fsp3) is 0.214. The number of hydrogen-bond donors (Lipinski definition) is 2. The average molecular weight is 525 g/mol. The Morgan fingerprint density at radius 2 is 1.94 bits per heavy atom. The maximum absolute atomic E-state index is 12.8. The third-order valence-corrected chi connectivity index (χ3v) is 6.68. The first kappa shape index (κ1) is 27.2. The number of benzene rings is 2. The van der Waals surface area contributed by atoms with Crippen LogP contribution in [-0.2, 0) is 16.1 Å². The van der Waals surface area contributed by atoms with E-state index >= 15 is 0 Å². The highest BCUT2D eigenvalue weighted by atomic mass is 35.5. The first-order valence-electron chi connectivity index (χ1n) is 11.4. The molecule has 0 spiro atoms. The van der Waals surface area contributed by atoms with Gasteiger partial charge in [-0.05, 0) is 61.2 Å². The molecule has 3 aromatic rings. The summed E-state index contributed by atoms with van der Waals surface area (Å²) < 4.78 is 11.1. The molecule has 0 radical (unpaired) electrons. The van der Waals surface area contributed by atoms with Crippen molar-refractivity contribution >= 4 is 51.6 Å². The Balaban J connectivity index is 1.73. The molecule has 0 saturated heterocycles. The number of allylic oxidation sites excluding steroid dienone is 2. The van der Waals surface area contributed by atoms with Crippen molar-refractivity contribution in [1.29, 1.82) is 0 Å². The zero-order valence-electron chi connectivity index (χ0n) is 20.3. The van der Waals surface area contributed by atoms with Gasteiger partial charge in [-0.25, -0.2) is 0 Å². The summed E-state index contributed by atoms with van der Waals surface area (Å²) in [6.45, 7) is 6.49. The number of nitrogens with one attached hydrogen (secondary N) is 1. The standard InChI is InChI=1S/C28H29ClN2O4S/c1-4-24(25(32)9-6-14-34-3)27-26(18(2)30)20(17-36-27)16-35-23-8-5-7-19(15-23)28(33)31-22-12-10-21(29)11-13-22/h4-5,7-8,10-13,15,17H,2,6,9,14,16,30H2,1,3H3,(H,31,33)/b24-4-. The van der Waals surface area contributed by atoms with E-state index < -0.39 is 0 Å². The Morgan fingerprint density at radius 3 is 2.61 bits per heavy atom.